The molecule has 0 aliphatic carbocycles. The Balaban J connectivity index is 2.14. The lowest BCUT2D eigenvalue weighted by Gasteiger charge is -2.46. The molecule has 1 aliphatic rings. The van der Waals surface area contributed by atoms with Crippen molar-refractivity contribution in [2.75, 3.05) is 13.7 Å². The molecule has 0 bridgehead atoms. The van der Waals surface area contributed by atoms with Crippen molar-refractivity contribution in [3.8, 4) is 5.75 Å². The molecule has 19 heavy (non-hydrogen) atoms. The Hall–Kier alpha value is -1.06. The lowest BCUT2D eigenvalue weighted by Crippen LogP contribution is -2.55. The fraction of sp³-hybridized carbons (Fsp3) is 0.625. The van der Waals surface area contributed by atoms with E-state index >= 15 is 0 Å². The molecule has 1 saturated heterocycles. The second-order valence-corrected chi connectivity index (χ2v) is 6.04. The molecular weight excluding hydrogens is 238 g/mol. The SMILES string of the molecule is COc1ccc(CN2CCCC(O)C2(C)C)cc1C. The van der Waals surface area contributed by atoms with E-state index in [1.54, 1.807) is 7.11 Å². The maximum Gasteiger partial charge on any atom is 0.121 e. The predicted octanol–water partition coefficient (Wildman–Crippen LogP) is 2.74. The molecule has 0 spiro atoms. The summed E-state index contributed by atoms with van der Waals surface area (Å²) in [5.41, 5.74) is 2.29. The molecule has 1 N–H and O–H groups in total. The molecule has 0 saturated carbocycles. The van der Waals surface area contributed by atoms with Gasteiger partial charge in [0.15, 0.2) is 0 Å². The van der Waals surface area contributed by atoms with E-state index < -0.39 is 0 Å². The van der Waals surface area contributed by atoms with Crippen molar-refractivity contribution < 1.29 is 9.84 Å². The van der Waals surface area contributed by atoms with Crippen LogP contribution in [0.4, 0.5) is 0 Å². The minimum Gasteiger partial charge on any atom is -0.496 e. The maximum atomic E-state index is 10.2. The molecule has 1 aromatic rings. The van der Waals surface area contributed by atoms with Gasteiger partial charge in [-0.1, -0.05) is 12.1 Å². The van der Waals surface area contributed by atoms with Gasteiger partial charge in [0.2, 0.25) is 0 Å². The molecule has 3 nitrogen and oxygen atoms in total. The van der Waals surface area contributed by atoms with E-state index in [1.807, 2.05) is 6.07 Å². The first-order valence-electron chi connectivity index (χ1n) is 7.02. The third-order valence-electron chi connectivity index (χ3n) is 4.37. The Morgan fingerprint density at radius 2 is 2.16 bits per heavy atom. The smallest absolute Gasteiger partial charge is 0.121 e. The number of hydrogen-bond acceptors (Lipinski definition) is 3. The zero-order valence-corrected chi connectivity index (χ0v) is 12.4. The molecule has 0 radical (unpaired) electrons. The highest BCUT2D eigenvalue weighted by Crippen LogP contribution is 2.30. The Morgan fingerprint density at radius 1 is 1.42 bits per heavy atom. The summed E-state index contributed by atoms with van der Waals surface area (Å²) in [6.07, 6.45) is 1.74. The molecule has 3 heteroatoms. The number of methoxy groups -OCH3 is 1. The van der Waals surface area contributed by atoms with Gasteiger partial charge in [0.1, 0.15) is 5.75 Å². The van der Waals surface area contributed by atoms with Gasteiger partial charge >= 0.3 is 0 Å². The van der Waals surface area contributed by atoms with E-state index in [2.05, 4.69) is 37.8 Å². The van der Waals surface area contributed by atoms with Gasteiger partial charge in [-0.2, -0.15) is 0 Å². The standard InChI is InChI=1S/C16H25NO2/c1-12-10-13(7-8-14(12)19-4)11-17-9-5-6-15(18)16(17,2)3/h7-8,10,15,18H,5-6,9,11H2,1-4H3. The van der Waals surface area contributed by atoms with E-state index in [0.717, 1.165) is 37.2 Å². The van der Waals surface area contributed by atoms with Crippen LogP contribution in [0.5, 0.6) is 5.75 Å². The van der Waals surface area contributed by atoms with Crippen molar-refractivity contribution >= 4 is 0 Å². The maximum absolute atomic E-state index is 10.2. The lowest BCUT2D eigenvalue weighted by molar-refractivity contribution is -0.0481. The van der Waals surface area contributed by atoms with E-state index in [-0.39, 0.29) is 11.6 Å². The van der Waals surface area contributed by atoms with Crippen LogP contribution in [0.3, 0.4) is 0 Å². The Labute approximate surface area is 116 Å². The summed E-state index contributed by atoms with van der Waals surface area (Å²) >= 11 is 0. The third-order valence-corrected chi connectivity index (χ3v) is 4.37. The highest BCUT2D eigenvalue weighted by Gasteiger charge is 2.37. The molecular formula is C16H25NO2. The summed E-state index contributed by atoms with van der Waals surface area (Å²) in [6, 6.07) is 6.32. The number of nitrogens with zero attached hydrogens (tertiary/aromatic N) is 1. The molecule has 0 amide bonds. The largest absolute Gasteiger partial charge is 0.496 e. The second kappa shape index (κ2) is 5.51. The van der Waals surface area contributed by atoms with Crippen LogP contribution in [0, 0.1) is 6.92 Å². The number of piperidine rings is 1. The van der Waals surface area contributed by atoms with Crippen molar-refractivity contribution in [2.45, 2.75) is 51.8 Å². The van der Waals surface area contributed by atoms with Crippen LogP contribution in [-0.4, -0.2) is 35.3 Å². The highest BCUT2D eigenvalue weighted by molar-refractivity contribution is 5.36. The minimum atomic E-state index is -0.236. The van der Waals surface area contributed by atoms with Gasteiger partial charge in [-0.3, -0.25) is 4.90 Å². The van der Waals surface area contributed by atoms with Gasteiger partial charge in [0, 0.05) is 12.1 Å². The molecule has 1 aromatic carbocycles. The summed E-state index contributed by atoms with van der Waals surface area (Å²) < 4.78 is 5.29. The molecule has 1 atom stereocenters. The number of benzene rings is 1. The monoisotopic (exact) mass is 263 g/mol. The van der Waals surface area contributed by atoms with Crippen LogP contribution >= 0.6 is 0 Å². The average Bonchev–Trinajstić information content (AvgIpc) is 2.36. The van der Waals surface area contributed by atoms with E-state index in [1.165, 1.54) is 5.56 Å². The van der Waals surface area contributed by atoms with Gasteiger partial charge in [0.05, 0.1) is 13.2 Å². The summed E-state index contributed by atoms with van der Waals surface area (Å²) in [6.45, 7) is 8.27. The van der Waals surface area contributed by atoms with Gasteiger partial charge in [0.25, 0.3) is 0 Å². The van der Waals surface area contributed by atoms with E-state index in [0.29, 0.717) is 0 Å². The molecule has 0 aromatic heterocycles. The Kier molecular flexibility index (Phi) is 4.16. The van der Waals surface area contributed by atoms with Crippen molar-refractivity contribution in [1.29, 1.82) is 0 Å². The summed E-state index contributed by atoms with van der Waals surface area (Å²) in [5.74, 6) is 0.932. The van der Waals surface area contributed by atoms with Crippen LogP contribution in [0.25, 0.3) is 0 Å². The van der Waals surface area contributed by atoms with Crippen molar-refractivity contribution in [3.05, 3.63) is 29.3 Å². The number of rotatable bonds is 3. The zero-order valence-electron chi connectivity index (χ0n) is 12.4. The molecule has 2 rings (SSSR count). The number of aliphatic hydroxyl groups is 1. The molecule has 1 unspecified atom stereocenters. The third kappa shape index (κ3) is 2.93. The molecule has 1 heterocycles. The van der Waals surface area contributed by atoms with E-state index in [4.69, 9.17) is 4.74 Å². The lowest BCUT2D eigenvalue weighted by atomic mass is 9.87. The predicted molar refractivity (Wildman–Crippen MR) is 77.5 cm³/mol. The molecule has 1 fully saturated rings. The van der Waals surface area contributed by atoms with E-state index in [9.17, 15) is 5.11 Å². The summed E-state index contributed by atoms with van der Waals surface area (Å²) in [4.78, 5) is 2.38. The zero-order chi connectivity index (χ0) is 14.0. The molecule has 1 aliphatic heterocycles. The molecule has 106 valence electrons. The van der Waals surface area contributed by atoms with Crippen LogP contribution in [0.1, 0.15) is 37.8 Å². The number of ether oxygens (including phenoxy) is 1. The summed E-state index contributed by atoms with van der Waals surface area (Å²) in [5, 5.41) is 10.2. The van der Waals surface area contributed by atoms with Crippen molar-refractivity contribution in [2.24, 2.45) is 0 Å². The van der Waals surface area contributed by atoms with Gasteiger partial charge in [-0.25, -0.2) is 0 Å². The number of hydrogen-bond donors (Lipinski definition) is 1. The van der Waals surface area contributed by atoms with Crippen LogP contribution in [-0.2, 0) is 6.54 Å². The van der Waals surface area contributed by atoms with Crippen LogP contribution in [0.15, 0.2) is 18.2 Å². The van der Waals surface area contributed by atoms with Crippen molar-refractivity contribution in [1.82, 2.24) is 4.90 Å². The quantitative estimate of drug-likeness (QED) is 0.910. The number of likely N-dealkylation sites (tertiary alicyclic amines) is 1. The van der Waals surface area contributed by atoms with Crippen molar-refractivity contribution in [3.63, 3.8) is 0 Å². The minimum absolute atomic E-state index is 0.147. The van der Waals surface area contributed by atoms with Gasteiger partial charge in [-0.15, -0.1) is 0 Å². The fourth-order valence-corrected chi connectivity index (χ4v) is 2.87. The van der Waals surface area contributed by atoms with Crippen LogP contribution < -0.4 is 4.74 Å². The first-order chi connectivity index (χ1) is 8.95. The normalized spacial score (nSPS) is 23.3. The summed E-state index contributed by atoms with van der Waals surface area (Å²) in [7, 11) is 1.70. The van der Waals surface area contributed by atoms with Gasteiger partial charge in [-0.05, 0) is 57.4 Å². The fourth-order valence-electron chi connectivity index (χ4n) is 2.87. The van der Waals surface area contributed by atoms with Crippen LogP contribution in [0.2, 0.25) is 0 Å². The van der Waals surface area contributed by atoms with Gasteiger partial charge < -0.3 is 9.84 Å². The first-order valence-corrected chi connectivity index (χ1v) is 7.02. The number of aryl methyl sites for hydroxylation is 1. The number of aliphatic hydroxyl groups excluding tert-OH is 1. The second-order valence-electron chi connectivity index (χ2n) is 6.04. The Bertz CT molecular complexity index is 442. The average molecular weight is 263 g/mol. The highest BCUT2D eigenvalue weighted by atomic mass is 16.5. The topological polar surface area (TPSA) is 32.7 Å². The Morgan fingerprint density at radius 3 is 2.79 bits per heavy atom. The first kappa shape index (κ1) is 14.4.